The Labute approximate surface area is 186 Å². The number of sulfone groups is 1. The molecule has 8 heteroatoms. The third-order valence-corrected chi connectivity index (χ3v) is 7.27. The molecule has 1 atom stereocenters. The maximum absolute atomic E-state index is 12.1. The number of likely N-dealkylation sites (tertiary alicyclic amines) is 1. The zero-order valence-corrected chi connectivity index (χ0v) is 19.6. The van der Waals surface area contributed by atoms with E-state index < -0.39 is 9.84 Å². The average Bonchev–Trinajstić information content (AvgIpc) is 2.75. The van der Waals surface area contributed by atoms with Crippen molar-refractivity contribution in [1.82, 2.24) is 4.90 Å². The highest BCUT2D eigenvalue weighted by atomic mass is 32.2. The van der Waals surface area contributed by atoms with Crippen molar-refractivity contribution < 1.29 is 27.4 Å². The van der Waals surface area contributed by atoms with Crippen molar-refractivity contribution in [2.75, 3.05) is 19.3 Å². The Hall–Kier alpha value is -1.80. The lowest BCUT2D eigenvalue weighted by molar-refractivity contribution is -0.0658. The predicted molar refractivity (Wildman–Crippen MR) is 118 cm³/mol. The predicted octanol–water partition coefficient (Wildman–Crippen LogP) is 4.20. The maximum atomic E-state index is 12.1. The fourth-order valence-corrected chi connectivity index (χ4v) is 4.65. The summed E-state index contributed by atoms with van der Waals surface area (Å²) in [6, 6.07) is 6.62. The molecule has 174 valence electrons. The van der Waals surface area contributed by atoms with Gasteiger partial charge in [-0.15, -0.1) is 0 Å². The monoisotopic (exact) mass is 453 g/mol. The molecule has 1 saturated carbocycles. The highest BCUT2D eigenvalue weighted by Gasteiger charge is 2.29. The van der Waals surface area contributed by atoms with Crippen molar-refractivity contribution in [2.24, 2.45) is 0 Å². The van der Waals surface area contributed by atoms with Gasteiger partial charge in [-0.2, -0.15) is 0 Å². The van der Waals surface area contributed by atoms with Crippen LogP contribution in [0.15, 0.2) is 29.2 Å². The minimum absolute atomic E-state index is 0.0449. The molecule has 0 unspecified atom stereocenters. The molecule has 1 aromatic rings. The summed E-state index contributed by atoms with van der Waals surface area (Å²) in [6.45, 7) is 5.29. The maximum Gasteiger partial charge on any atom is 0.410 e. The van der Waals surface area contributed by atoms with Crippen LogP contribution >= 0.6 is 0 Å². The molecular weight excluding hydrogens is 418 g/mol. The van der Waals surface area contributed by atoms with E-state index in [1.807, 2.05) is 13.8 Å². The summed E-state index contributed by atoms with van der Waals surface area (Å²) in [5, 5.41) is 0. The van der Waals surface area contributed by atoms with Gasteiger partial charge in [0, 0.05) is 19.3 Å². The average molecular weight is 454 g/mol. The van der Waals surface area contributed by atoms with Crippen molar-refractivity contribution in [2.45, 2.75) is 88.1 Å². The van der Waals surface area contributed by atoms with Crippen LogP contribution in [0, 0.1) is 0 Å². The molecule has 0 spiro atoms. The van der Waals surface area contributed by atoms with Crippen LogP contribution in [0.4, 0.5) is 4.79 Å². The van der Waals surface area contributed by atoms with Crippen LogP contribution in [0.2, 0.25) is 0 Å². The normalized spacial score (nSPS) is 23.9. The summed E-state index contributed by atoms with van der Waals surface area (Å²) in [4.78, 5) is 14.2. The first-order valence-electron chi connectivity index (χ1n) is 11.3. The Morgan fingerprint density at radius 1 is 1.00 bits per heavy atom. The highest BCUT2D eigenvalue weighted by molar-refractivity contribution is 7.90. The number of nitrogens with zero attached hydrogens (tertiary/aromatic N) is 1. The number of rotatable bonds is 7. The molecular formula is C23H35NO6S. The van der Waals surface area contributed by atoms with Gasteiger partial charge in [-0.25, -0.2) is 13.2 Å². The van der Waals surface area contributed by atoms with Crippen LogP contribution in [0.25, 0.3) is 0 Å². The van der Waals surface area contributed by atoms with Crippen molar-refractivity contribution in [3.63, 3.8) is 0 Å². The van der Waals surface area contributed by atoms with Gasteiger partial charge in [-0.1, -0.05) is 6.92 Å². The molecule has 0 bridgehead atoms. The highest BCUT2D eigenvalue weighted by Crippen LogP contribution is 2.28. The number of benzene rings is 1. The summed E-state index contributed by atoms with van der Waals surface area (Å²) >= 11 is 0. The van der Waals surface area contributed by atoms with Gasteiger partial charge in [0.25, 0.3) is 0 Å². The minimum Gasteiger partial charge on any atom is -0.490 e. The van der Waals surface area contributed by atoms with Crippen LogP contribution in [-0.4, -0.2) is 63.2 Å². The number of ether oxygens (including phenoxy) is 3. The molecule has 2 fully saturated rings. The molecule has 0 N–H and O–H groups in total. The first-order valence-corrected chi connectivity index (χ1v) is 13.2. The summed E-state index contributed by atoms with van der Waals surface area (Å²) in [6.07, 6.45) is 7.73. The lowest BCUT2D eigenvalue weighted by Crippen LogP contribution is -2.43. The van der Waals surface area contributed by atoms with E-state index in [0.29, 0.717) is 23.7 Å². The number of hydrogen-bond donors (Lipinski definition) is 0. The van der Waals surface area contributed by atoms with Gasteiger partial charge in [-0.05, 0) is 76.1 Å². The molecule has 1 heterocycles. The summed E-state index contributed by atoms with van der Waals surface area (Å²) in [5.74, 6) is 0.702. The van der Waals surface area contributed by atoms with Gasteiger partial charge in [0.15, 0.2) is 9.84 Å². The summed E-state index contributed by atoms with van der Waals surface area (Å²) in [7, 11) is -3.19. The van der Waals surface area contributed by atoms with Gasteiger partial charge in [0.05, 0.1) is 23.2 Å². The van der Waals surface area contributed by atoms with Crippen molar-refractivity contribution in [1.29, 1.82) is 0 Å². The van der Waals surface area contributed by atoms with Crippen molar-refractivity contribution in [3.05, 3.63) is 24.3 Å². The second-order valence-electron chi connectivity index (χ2n) is 8.69. The lowest BCUT2D eigenvalue weighted by atomic mass is 9.94. The second kappa shape index (κ2) is 10.7. The van der Waals surface area contributed by atoms with E-state index in [-0.39, 0.29) is 30.5 Å². The Kier molecular flexibility index (Phi) is 8.22. The Balaban J connectivity index is 1.37. The van der Waals surface area contributed by atoms with E-state index in [0.717, 1.165) is 44.9 Å². The minimum atomic E-state index is -3.19. The van der Waals surface area contributed by atoms with E-state index in [9.17, 15) is 13.2 Å². The molecule has 1 aliphatic carbocycles. The third kappa shape index (κ3) is 7.10. The smallest absolute Gasteiger partial charge is 0.410 e. The second-order valence-corrected chi connectivity index (χ2v) is 10.7. The van der Waals surface area contributed by atoms with Crippen molar-refractivity contribution in [3.8, 4) is 5.75 Å². The van der Waals surface area contributed by atoms with E-state index in [4.69, 9.17) is 14.2 Å². The number of piperidine rings is 1. The van der Waals surface area contributed by atoms with E-state index in [1.54, 1.807) is 29.2 Å². The standard InChI is InChI=1S/C23H35NO6S/c1-4-17(2)28-23(25)24-15-13-21(14-16-24)30-19-7-5-18(6-8-19)29-20-9-11-22(12-10-20)31(3,26)27/h9-12,17-19,21H,4-8,13-16H2,1-3H3/t17-,18?,19?/m0/s1. The number of carbonyl (C=O) groups is 1. The quantitative estimate of drug-likeness (QED) is 0.615. The van der Waals surface area contributed by atoms with E-state index >= 15 is 0 Å². The molecule has 0 radical (unpaired) electrons. The van der Waals surface area contributed by atoms with Crippen LogP contribution in [0.1, 0.15) is 58.8 Å². The van der Waals surface area contributed by atoms with E-state index in [2.05, 4.69) is 0 Å². The Morgan fingerprint density at radius 2 is 1.55 bits per heavy atom. The van der Waals surface area contributed by atoms with Crippen LogP contribution in [-0.2, 0) is 19.3 Å². The van der Waals surface area contributed by atoms with Gasteiger partial charge >= 0.3 is 6.09 Å². The largest absolute Gasteiger partial charge is 0.490 e. The molecule has 7 nitrogen and oxygen atoms in total. The molecule has 1 amide bonds. The Morgan fingerprint density at radius 3 is 2.10 bits per heavy atom. The third-order valence-electron chi connectivity index (χ3n) is 6.14. The summed E-state index contributed by atoms with van der Waals surface area (Å²) in [5.41, 5.74) is 0. The van der Waals surface area contributed by atoms with Gasteiger partial charge < -0.3 is 19.1 Å². The number of hydrogen-bond acceptors (Lipinski definition) is 6. The van der Waals surface area contributed by atoms with Crippen LogP contribution in [0.3, 0.4) is 0 Å². The van der Waals surface area contributed by atoms with Gasteiger partial charge in [0.1, 0.15) is 11.9 Å². The molecule has 1 saturated heterocycles. The zero-order chi connectivity index (χ0) is 22.4. The zero-order valence-electron chi connectivity index (χ0n) is 18.8. The molecule has 3 rings (SSSR count). The van der Waals surface area contributed by atoms with E-state index in [1.165, 1.54) is 6.26 Å². The topological polar surface area (TPSA) is 82.1 Å². The van der Waals surface area contributed by atoms with Crippen LogP contribution in [0.5, 0.6) is 5.75 Å². The summed E-state index contributed by atoms with van der Waals surface area (Å²) < 4.78 is 40.9. The molecule has 31 heavy (non-hydrogen) atoms. The molecule has 2 aliphatic rings. The number of carbonyl (C=O) groups excluding carboxylic acids is 1. The number of amides is 1. The molecule has 1 aromatic carbocycles. The fraction of sp³-hybridized carbons (Fsp3) is 0.696. The van der Waals surface area contributed by atoms with Crippen LogP contribution < -0.4 is 4.74 Å². The van der Waals surface area contributed by atoms with Gasteiger partial charge in [-0.3, -0.25) is 0 Å². The lowest BCUT2D eigenvalue weighted by Gasteiger charge is -2.36. The van der Waals surface area contributed by atoms with Gasteiger partial charge in [0.2, 0.25) is 0 Å². The fourth-order valence-electron chi connectivity index (χ4n) is 4.02. The first kappa shape index (κ1) is 23.9. The molecule has 1 aliphatic heterocycles. The Bertz CT molecular complexity index is 809. The molecule has 0 aromatic heterocycles. The SMILES string of the molecule is CC[C@H](C)OC(=O)N1CCC(OC2CCC(Oc3ccc(S(C)(=O)=O)cc3)CC2)CC1. The first-order chi connectivity index (χ1) is 14.7. The van der Waals surface area contributed by atoms with Crippen molar-refractivity contribution >= 4 is 15.9 Å².